The Morgan fingerprint density at radius 1 is 1.07 bits per heavy atom. The molecule has 2 aromatic carbocycles. The minimum atomic E-state index is -0.284. The highest BCUT2D eigenvalue weighted by Crippen LogP contribution is 2.19. The first kappa shape index (κ1) is 19.1. The number of nitrogens with one attached hydrogen (secondary N) is 1. The monoisotopic (exact) mass is 368 g/mol. The summed E-state index contributed by atoms with van der Waals surface area (Å²) in [5, 5.41) is 2.91. The smallest absolute Gasteiger partial charge is 0.226 e. The average Bonchev–Trinajstić information content (AvgIpc) is 2.69. The van der Waals surface area contributed by atoms with E-state index in [1.54, 1.807) is 12.1 Å². The van der Waals surface area contributed by atoms with Crippen molar-refractivity contribution in [3.8, 4) is 0 Å². The van der Waals surface area contributed by atoms with E-state index >= 15 is 0 Å². The Balaban J connectivity index is 1.45. The zero-order chi connectivity index (χ0) is 19.2. The molecule has 1 aliphatic rings. The van der Waals surface area contributed by atoms with Crippen molar-refractivity contribution in [2.45, 2.75) is 32.7 Å². The van der Waals surface area contributed by atoms with Crippen LogP contribution in [0.4, 0.5) is 4.39 Å². The molecular weight excluding hydrogens is 343 g/mol. The Hall–Kier alpha value is -2.69. The molecule has 0 bridgehead atoms. The fraction of sp³-hybridized carbons (Fsp3) is 0.364. The maximum Gasteiger partial charge on any atom is 0.226 e. The standard InChI is InChI=1S/C22H25FN2O2/c1-16-4-2-3-5-19(16)14-21(26)25-12-10-18(11-13-25)22(27)24-15-17-6-8-20(23)9-7-17/h2-9,18H,10-15H2,1H3,(H,24,27). The second kappa shape index (κ2) is 8.80. The van der Waals surface area contributed by atoms with Crippen molar-refractivity contribution >= 4 is 11.8 Å². The molecule has 0 saturated carbocycles. The number of benzene rings is 2. The van der Waals surface area contributed by atoms with Crippen LogP contribution in [0.1, 0.15) is 29.5 Å². The quantitative estimate of drug-likeness (QED) is 0.881. The van der Waals surface area contributed by atoms with Gasteiger partial charge in [-0.2, -0.15) is 0 Å². The van der Waals surface area contributed by atoms with Crippen LogP contribution in [0.5, 0.6) is 0 Å². The van der Waals surface area contributed by atoms with Crippen molar-refractivity contribution in [2.24, 2.45) is 5.92 Å². The Morgan fingerprint density at radius 2 is 1.74 bits per heavy atom. The molecule has 27 heavy (non-hydrogen) atoms. The molecule has 0 spiro atoms. The van der Waals surface area contributed by atoms with Gasteiger partial charge in [0, 0.05) is 25.6 Å². The van der Waals surface area contributed by atoms with E-state index in [1.807, 2.05) is 36.1 Å². The van der Waals surface area contributed by atoms with E-state index in [-0.39, 0.29) is 23.5 Å². The Bertz CT molecular complexity index is 796. The zero-order valence-corrected chi connectivity index (χ0v) is 15.6. The molecule has 142 valence electrons. The van der Waals surface area contributed by atoms with Crippen LogP contribution in [0.15, 0.2) is 48.5 Å². The first-order valence-electron chi connectivity index (χ1n) is 9.37. The predicted octanol–water partition coefficient (Wildman–Crippen LogP) is 3.23. The Morgan fingerprint density at radius 3 is 2.41 bits per heavy atom. The lowest BCUT2D eigenvalue weighted by Gasteiger charge is -2.31. The molecule has 0 aromatic heterocycles. The second-order valence-corrected chi connectivity index (χ2v) is 7.10. The van der Waals surface area contributed by atoms with Gasteiger partial charge in [-0.3, -0.25) is 9.59 Å². The molecule has 0 radical (unpaired) electrons. The molecule has 0 unspecified atom stereocenters. The molecule has 1 aliphatic heterocycles. The third-order valence-corrected chi connectivity index (χ3v) is 5.20. The molecule has 5 heteroatoms. The predicted molar refractivity (Wildman–Crippen MR) is 102 cm³/mol. The zero-order valence-electron chi connectivity index (χ0n) is 15.6. The molecule has 4 nitrogen and oxygen atoms in total. The van der Waals surface area contributed by atoms with Crippen LogP contribution in [0.2, 0.25) is 0 Å². The molecular formula is C22H25FN2O2. The van der Waals surface area contributed by atoms with Gasteiger partial charge in [0.2, 0.25) is 11.8 Å². The number of likely N-dealkylation sites (tertiary alicyclic amines) is 1. The van der Waals surface area contributed by atoms with E-state index in [4.69, 9.17) is 0 Å². The number of carbonyl (C=O) groups excluding carboxylic acids is 2. The van der Waals surface area contributed by atoms with E-state index < -0.39 is 0 Å². The third kappa shape index (κ3) is 5.16. The first-order chi connectivity index (χ1) is 13.0. The van der Waals surface area contributed by atoms with Crippen molar-refractivity contribution in [3.05, 3.63) is 71.0 Å². The first-order valence-corrected chi connectivity index (χ1v) is 9.37. The summed E-state index contributed by atoms with van der Waals surface area (Å²) < 4.78 is 12.9. The van der Waals surface area contributed by atoms with Crippen molar-refractivity contribution in [3.63, 3.8) is 0 Å². The van der Waals surface area contributed by atoms with Gasteiger partial charge >= 0.3 is 0 Å². The summed E-state index contributed by atoms with van der Waals surface area (Å²) in [5.41, 5.74) is 3.05. The molecule has 3 rings (SSSR count). The van der Waals surface area contributed by atoms with Gasteiger partial charge in [-0.25, -0.2) is 4.39 Å². The minimum absolute atomic E-state index is 0.00493. The molecule has 2 amide bonds. The molecule has 1 N–H and O–H groups in total. The van der Waals surface area contributed by atoms with Crippen LogP contribution in [0, 0.1) is 18.7 Å². The molecule has 0 aliphatic carbocycles. The maximum absolute atomic E-state index is 12.9. The lowest BCUT2D eigenvalue weighted by molar-refractivity contribution is -0.135. The summed E-state index contributed by atoms with van der Waals surface area (Å²) in [6.45, 7) is 3.63. The third-order valence-electron chi connectivity index (χ3n) is 5.20. The number of amides is 2. The Labute approximate surface area is 159 Å². The molecule has 2 aromatic rings. The number of carbonyl (C=O) groups is 2. The van der Waals surface area contributed by atoms with Crippen LogP contribution >= 0.6 is 0 Å². The van der Waals surface area contributed by atoms with Crippen molar-refractivity contribution in [2.75, 3.05) is 13.1 Å². The van der Waals surface area contributed by atoms with E-state index in [0.717, 1.165) is 16.7 Å². The molecule has 0 atom stereocenters. The van der Waals surface area contributed by atoms with Crippen LogP contribution in [0.3, 0.4) is 0 Å². The number of nitrogens with zero attached hydrogens (tertiary/aromatic N) is 1. The fourth-order valence-electron chi connectivity index (χ4n) is 3.41. The van der Waals surface area contributed by atoms with Crippen molar-refractivity contribution in [1.29, 1.82) is 0 Å². The lowest BCUT2D eigenvalue weighted by Crippen LogP contribution is -2.43. The van der Waals surface area contributed by atoms with Crippen LogP contribution < -0.4 is 5.32 Å². The average molecular weight is 368 g/mol. The number of hydrogen-bond acceptors (Lipinski definition) is 2. The summed E-state index contributed by atoms with van der Waals surface area (Å²) >= 11 is 0. The highest BCUT2D eigenvalue weighted by molar-refractivity contribution is 5.81. The highest BCUT2D eigenvalue weighted by atomic mass is 19.1. The largest absolute Gasteiger partial charge is 0.352 e. The summed E-state index contributed by atoms with van der Waals surface area (Å²) in [5.74, 6) is -0.236. The van der Waals surface area contributed by atoms with Gasteiger partial charge in [-0.15, -0.1) is 0 Å². The molecule has 1 saturated heterocycles. The van der Waals surface area contributed by atoms with E-state index in [0.29, 0.717) is 38.9 Å². The summed E-state index contributed by atoms with van der Waals surface area (Å²) in [6.07, 6.45) is 1.76. The topological polar surface area (TPSA) is 49.4 Å². The molecule has 1 heterocycles. The maximum atomic E-state index is 12.9. The summed E-state index contributed by atoms with van der Waals surface area (Å²) in [7, 11) is 0. The normalized spacial score (nSPS) is 14.8. The van der Waals surface area contributed by atoms with Gasteiger partial charge in [-0.1, -0.05) is 36.4 Å². The number of halogens is 1. The summed E-state index contributed by atoms with van der Waals surface area (Å²) in [6, 6.07) is 14.0. The van der Waals surface area contributed by atoms with Gasteiger partial charge < -0.3 is 10.2 Å². The minimum Gasteiger partial charge on any atom is -0.352 e. The van der Waals surface area contributed by atoms with Gasteiger partial charge in [-0.05, 0) is 48.6 Å². The van der Waals surface area contributed by atoms with Crippen LogP contribution in [-0.4, -0.2) is 29.8 Å². The van der Waals surface area contributed by atoms with E-state index in [1.165, 1.54) is 12.1 Å². The van der Waals surface area contributed by atoms with Crippen LogP contribution in [0.25, 0.3) is 0 Å². The van der Waals surface area contributed by atoms with E-state index in [9.17, 15) is 14.0 Å². The SMILES string of the molecule is Cc1ccccc1CC(=O)N1CCC(C(=O)NCc2ccc(F)cc2)CC1. The fourth-order valence-corrected chi connectivity index (χ4v) is 3.41. The highest BCUT2D eigenvalue weighted by Gasteiger charge is 2.27. The lowest BCUT2D eigenvalue weighted by atomic mass is 9.95. The van der Waals surface area contributed by atoms with Gasteiger partial charge in [0.25, 0.3) is 0 Å². The second-order valence-electron chi connectivity index (χ2n) is 7.10. The van der Waals surface area contributed by atoms with Gasteiger partial charge in [0.15, 0.2) is 0 Å². The Kier molecular flexibility index (Phi) is 6.22. The number of rotatable bonds is 5. The van der Waals surface area contributed by atoms with E-state index in [2.05, 4.69) is 5.32 Å². The molecule has 1 fully saturated rings. The summed E-state index contributed by atoms with van der Waals surface area (Å²) in [4.78, 5) is 26.7. The van der Waals surface area contributed by atoms with Crippen molar-refractivity contribution < 1.29 is 14.0 Å². The number of hydrogen-bond donors (Lipinski definition) is 1. The van der Waals surface area contributed by atoms with Gasteiger partial charge in [0.1, 0.15) is 5.82 Å². The number of aryl methyl sites for hydroxylation is 1. The van der Waals surface area contributed by atoms with Crippen molar-refractivity contribution in [1.82, 2.24) is 10.2 Å². The number of piperidine rings is 1. The van der Waals surface area contributed by atoms with Gasteiger partial charge in [0.05, 0.1) is 6.42 Å². The van der Waals surface area contributed by atoms with Crippen LogP contribution in [-0.2, 0) is 22.6 Å².